The van der Waals surface area contributed by atoms with E-state index in [9.17, 15) is 4.79 Å². The molecule has 0 bridgehead atoms. The molecule has 1 heterocycles. The van der Waals surface area contributed by atoms with E-state index in [2.05, 4.69) is 18.7 Å². The average Bonchev–Trinajstić information content (AvgIpc) is 2.17. The second-order valence-corrected chi connectivity index (χ2v) is 3.73. The van der Waals surface area contributed by atoms with Gasteiger partial charge in [-0.2, -0.15) is 0 Å². The fraction of sp³-hybridized carbons (Fsp3) is 0.600. The van der Waals surface area contributed by atoms with Crippen molar-refractivity contribution in [2.75, 3.05) is 33.8 Å². The molecule has 0 aromatic carbocycles. The van der Waals surface area contributed by atoms with Crippen LogP contribution in [0.4, 0.5) is 0 Å². The van der Waals surface area contributed by atoms with Gasteiger partial charge in [0.25, 0.3) is 0 Å². The smallest absolute Gasteiger partial charge is 0.339 e. The van der Waals surface area contributed by atoms with Crippen molar-refractivity contribution in [3.63, 3.8) is 0 Å². The lowest BCUT2D eigenvalue weighted by atomic mass is 10.1. The van der Waals surface area contributed by atoms with Gasteiger partial charge in [-0.05, 0) is 0 Å². The first-order valence-corrected chi connectivity index (χ1v) is 4.51. The Morgan fingerprint density at radius 2 is 2.46 bits per heavy atom. The highest BCUT2D eigenvalue weighted by Crippen LogP contribution is 2.16. The van der Waals surface area contributed by atoms with Crippen LogP contribution in [0.3, 0.4) is 0 Å². The molecule has 0 saturated carbocycles. The van der Waals surface area contributed by atoms with Gasteiger partial charge in [-0.25, -0.2) is 4.79 Å². The van der Waals surface area contributed by atoms with Crippen LogP contribution in [0, 0.1) is 6.92 Å². The van der Waals surface area contributed by atoms with Crippen molar-refractivity contribution in [1.29, 1.82) is 0 Å². The predicted molar refractivity (Wildman–Crippen MR) is 50.9 cm³/mol. The Kier molecular flexibility index (Phi) is 3.09. The topological polar surface area (TPSA) is 26.3 Å². The van der Waals surface area contributed by atoms with Crippen LogP contribution in [0.2, 0.25) is 0 Å². The summed E-state index contributed by atoms with van der Waals surface area (Å²) in [6, 6.07) is 0. The Balaban J connectivity index is 2.69. The molecular formula is C10H17NO2+. The van der Waals surface area contributed by atoms with Crippen molar-refractivity contribution >= 4 is 5.97 Å². The zero-order chi connectivity index (χ0) is 9.90. The van der Waals surface area contributed by atoms with Crippen LogP contribution in [0.1, 0.15) is 6.42 Å². The molecule has 0 amide bonds. The number of quaternary nitrogens is 1. The molecule has 1 atom stereocenters. The minimum absolute atomic E-state index is 0.197. The number of esters is 1. The summed E-state index contributed by atoms with van der Waals surface area (Å²) in [4.78, 5) is 11.2. The van der Waals surface area contributed by atoms with E-state index in [-0.39, 0.29) is 5.97 Å². The Labute approximate surface area is 79.6 Å². The van der Waals surface area contributed by atoms with E-state index in [0.717, 1.165) is 36.1 Å². The zero-order valence-electron chi connectivity index (χ0n) is 8.38. The van der Waals surface area contributed by atoms with Gasteiger partial charge in [0.15, 0.2) is 0 Å². The normalized spacial score (nSPS) is 28.1. The van der Waals surface area contributed by atoms with Gasteiger partial charge in [-0.15, -0.1) is 0 Å². The highest BCUT2D eigenvalue weighted by atomic mass is 16.5. The number of ether oxygens (including phenoxy) is 1. The van der Waals surface area contributed by atoms with Gasteiger partial charge in [0.1, 0.15) is 6.54 Å². The molecule has 0 aromatic heterocycles. The molecule has 1 aliphatic rings. The molecule has 1 unspecified atom stereocenters. The van der Waals surface area contributed by atoms with Crippen molar-refractivity contribution in [3.05, 3.63) is 18.6 Å². The van der Waals surface area contributed by atoms with Crippen molar-refractivity contribution in [1.82, 2.24) is 0 Å². The minimum Gasteiger partial charge on any atom is -0.465 e. The molecule has 0 spiro atoms. The van der Waals surface area contributed by atoms with E-state index in [4.69, 9.17) is 0 Å². The van der Waals surface area contributed by atoms with Crippen LogP contribution >= 0.6 is 0 Å². The second kappa shape index (κ2) is 3.92. The lowest BCUT2D eigenvalue weighted by Crippen LogP contribution is -2.48. The largest absolute Gasteiger partial charge is 0.465 e. The van der Waals surface area contributed by atoms with Crippen molar-refractivity contribution in [3.8, 4) is 0 Å². The van der Waals surface area contributed by atoms with Crippen molar-refractivity contribution in [2.45, 2.75) is 6.42 Å². The zero-order valence-corrected chi connectivity index (χ0v) is 8.38. The summed E-state index contributed by atoms with van der Waals surface area (Å²) in [5, 5.41) is 0. The van der Waals surface area contributed by atoms with Gasteiger partial charge in [-0.3, -0.25) is 0 Å². The summed E-state index contributed by atoms with van der Waals surface area (Å²) >= 11 is 0. The summed E-state index contributed by atoms with van der Waals surface area (Å²) in [6.45, 7) is 6.51. The predicted octanol–water partition coefficient (Wildman–Crippen LogP) is 0.770. The molecule has 13 heavy (non-hydrogen) atoms. The summed E-state index contributed by atoms with van der Waals surface area (Å²) in [5.41, 5.74) is 0.792. The SMILES string of the molecule is [CH2]C[N+]1(C)CCC=C(C(=O)OC)C1. The lowest BCUT2D eigenvalue weighted by Gasteiger charge is -2.35. The second-order valence-electron chi connectivity index (χ2n) is 3.73. The number of carbonyl (C=O) groups is 1. The first-order valence-electron chi connectivity index (χ1n) is 4.51. The van der Waals surface area contributed by atoms with Crippen molar-refractivity contribution < 1.29 is 14.0 Å². The van der Waals surface area contributed by atoms with E-state index in [1.807, 2.05) is 6.08 Å². The number of hydrogen-bond donors (Lipinski definition) is 0. The van der Waals surface area contributed by atoms with Gasteiger partial charge in [0.05, 0.1) is 32.8 Å². The number of methoxy groups -OCH3 is 1. The number of nitrogens with zero attached hydrogens (tertiary/aromatic N) is 1. The molecule has 0 N–H and O–H groups in total. The molecule has 3 nitrogen and oxygen atoms in total. The molecule has 0 fully saturated rings. The third-order valence-corrected chi connectivity index (χ3v) is 2.60. The maximum absolute atomic E-state index is 11.2. The van der Waals surface area contributed by atoms with E-state index in [0.29, 0.717) is 0 Å². The Morgan fingerprint density at radius 3 is 3.00 bits per heavy atom. The van der Waals surface area contributed by atoms with E-state index in [1.165, 1.54) is 7.11 Å². The van der Waals surface area contributed by atoms with Gasteiger partial charge in [0, 0.05) is 13.3 Å². The average molecular weight is 183 g/mol. The van der Waals surface area contributed by atoms with E-state index < -0.39 is 0 Å². The molecule has 0 saturated heterocycles. The maximum atomic E-state index is 11.2. The molecule has 1 rings (SSSR count). The highest BCUT2D eigenvalue weighted by Gasteiger charge is 2.27. The summed E-state index contributed by atoms with van der Waals surface area (Å²) in [7, 11) is 3.54. The third kappa shape index (κ3) is 2.31. The fourth-order valence-electron chi connectivity index (χ4n) is 1.58. The van der Waals surface area contributed by atoms with E-state index in [1.54, 1.807) is 0 Å². The van der Waals surface area contributed by atoms with E-state index >= 15 is 0 Å². The number of likely N-dealkylation sites (N-methyl/N-ethyl adjacent to an activating group) is 1. The van der Waals surface area contributed by atoms with Crippen molar-refractivity contribution in [2.24, 2.45) is 0 Å². The van der Waals surface area contributed by atoms with Gasteiger partial charge in [0.2, 0.25) is 0 Å². The number of rotatable bonds is 2. The van der Waals surface area contributed by atoms with Gasteiger partial charge < -0.3 is 9.22 Å². The first-order chi connectivity index (χ1) is 6.11. The Bertz CT molecular complexity index is 235. The molecule has 1 aliphatic heterocycles. The van der Waals surface area contributed by atoms with Gasteiger partial charge in [-0.1, -0.05) is 6.08 Å². The minimum atomic E-state index is -0.197. The quantitative estimate of drug-likeness (QED) is 0.467. The van der Waals surface area contributed by atoms with Crippen LogP contribution in [0.15, 0.2) is 11.6 Å². The highest BCUT2D eigenvalue weighted by molar-refractivity contribution is 5.88. The molecule has 3 heteroatoms. The molecule has 1 radical (unpaired) electrons. The maximum Gasteiger partial charge on any atom is 0.339 e. The number of hydrogen-bond acceptors (Lipinski definition) is 2. The standard InChI is InChI=1S/C10H17NO2/c1-4-11(2)7-5-6-9(8-11)10(12)13-3/h6H,1,4-5,7-8H2,2-3H3/q+1. The van der Waals surface area contributed by atoms with Crippen LogP contribution in [0.5, 0.6) is 0 Å². The number of carbonyl (C=O) groups excluding carboxylic acids is 1. The first kappa shape index (κ1) is 10.3. The summed E-state index contributed by atoms with van der Waals surface area (Å²) in [5.74, 6) is -0.197. The van der Waals surface area contributed by atoms with Crippen LogP contribution in [-0.2, 0) is 9.53 Å². The van der Waals surface area contributed by atoms with Gasteiger partial charge >= 0.3 is 5.97 Å². The lowest BCUT2D eigenvalue weighted by molar-refractivity contribution is -0.900. The summed E-state index contributed by atoms with van der Waals surface area (Å²) in [6.07, 6.45) is 2.91. The molecular weight excluding hydrogens is 166 g/mol. The molecule has 73 valence electrons. The Morgan fingerprint density at radius 1 is 1.77 bits per heavy atom. The monoisotopic (exact) mass is 183 g/mol. The van der Waals surface area contributed by atoms with Crippen LogP contribution in [0.25, 0.3) is 0 Å². The molecule has 0 aromatic rings. The Hall–Kier alpha value is -0.830. The third-order valence-electron chi connectivity index (χ3n) is 2.60. The van der Waals surface area contributed by atoms with Crippen LogP contribution < -0.4 is 0 Å². The molecule has 0 aliphatic carbocycles. The van der Waals surface area contributed by atoms with Crippen LogP contribution in [-0.4, -0.2) is 44.2 Å². The summed E-state index contributed by atoms with van der Waals surface area (Å²) < 4.78 is 5.52. The fourth-order valence-corrected chi connectivity index (χ4v) is 1.58.